The summed E-state index contributed by atoms with van der Waals surface area (Å²) in [5, 5.41) is 8.94. The molecule has 0 radical (unpaired) electrons. The molecule has 0 aliphatic rings. The van der Waals surface area contributed by atoms with Crippen molar-refractivity contribution < 1.29 is 13.9 Å². The second kappa shape index (κ2) is 4.03. The fourth-order valence-corrected chi connectivity index (χ4v) is 1.35. The normalized spacial score (nSPS) is 13.0. The van der Waals surface area contributed by atoms with Crippen LogP contribution in [0.25, 0.3) is 0 Å². The van der Waals surface area contributed by atoms with Gasteiger partial charge in [0.1, 0.15) is 0 Å². The number of benzene rings is 1. The van der Waals surface area contributed by atoms with Crippen LogP contribution >= 0.6 is 11.6 Å². The highest BCUT2D eigenvalue weighted by atomic mass is 35.5. The van der Waals surface area contributed by atoms with Crippen LogP contribution in [0.15, 0.2) is 12.1 Å². The first kappa shape index (κ1) is 10.4. The highest BCUT2D eigenvalue weighted by Gasteiger charge is 2.12. The third-order valence-corrected chi connectivity index (χ3v) is 2.17. The number of halogens is 3. The minimum Gasteiger partial charge on any atom is -0.396 e. The van der Waals surface area contributed by atoms with Crippen molar-refractivity contribution in [2.45, 2.75) is 12.8 Å². The van der Waals surface area contributed by atoms with Gasteiger partial charge >= 0.3 is 0 Å². The monoisotopic (exact) mass is 206 g/mol. The van der Waals surface area contributed by atoms with Crippen LogP contribution in [0.5, 0.6) is 0 Å². The van der Waals surface area contributed by atoms with Gasteiger partial charge in [0.15, 0.2) is 11.6 Å². The fraction of sp³-hybridized carbons (Fsp3) is 0.333. The molecule has 0 amide bonds. The number of hydrogen-bond acceptors (Lipinski definition) is 1. The predicted octanol–water partition coefficient (Wildman–Crippen LogP) is 2.71. The maximum absolute atomic E-state index is 12.7. The molecule has 0 heterocycles. The van der Waals surface area contributed by atoms with Crippen LogP contribution in [-0.2, 0) is 0 Å². The molecule has 1 aromatic rings. The van der Waals surface area contributed by atoms with E-state index >= 15 is 0 Å². The number of rotatable bonds is 2. The molecule has 1 nitrogen and oxygen atoms in total. The highest BCUT2D eigenvalue weighted by Crippen LogP contribution is 2.26. The Kier molecular flexibility index (Phi) is 3.22. The molecule has 0 fully saturated rings. The molecular weight excluding hydrogens is 198 g/mol. The lowest BCUT2D eigenvalue weighted by atomic mass is 10.0. The van der Waals surface area contributed by atoms with Crippen molar-refractivity contribution in [2.24, 2.45) is 0 Å². The van der Waals surface area contributed by atoms with Crippen molar-refractivity contribution in [1.82, 2.24) is 0 Å². The molecule has 0 aromatic heterocycles. The van der Waals surface area contributed by atoms with E-state index in [1.54, 1.807) is 6.92 Å². The molecule has 1 atom stereocenters. The van der Waals surface area contributed by atoms with E-state index in [1.165, 1.54) is 0 Å². The zero-order valence-corrected chi connectivity index (χ0v) is 7.78. The Bertz CT molecular complexity index is 315. The van der Waals surface area contributed by atoms with Gasteiger partial charge in [-0.25, -0.2) is 8.78 Å². The first-order valence-corrected chi connectivity index (χ1v) is 4.19. The SMILES string of the molecule is CC(CO)c1cc(F)c(F)cc1Cl. The minimum absolute atomic E-state index is 0.139. The van der Waals surface area contributed by atoms with Crippen LogP contribution < -0.4 is 0 Å². The van der Waals surface area contributed by atoms with Crippen LogP contribution in [0.4, 0.5) is 8.78 Å². The third kappa shape index (κ3) is 2.17. The summed E-state index contributed by atoms with van der Waals surface area (Å²) < 4.78 is 25.3. The van der Waals surface area contributed by atoms with Crippen LogP contribution in [0.3, 0.4) is 0 Å². The van der Waals surface area contributed by atoms with Gasteiger partial charge < -0.3 is 5.11 Å². The summed E-state index contributed by atoms with van der Waals surface area (Å²) in [6.45, 7) is 1.53. The molecule has 0 saturated carbocycles. The van der Waals surface area contributed by atoms with Crippen molar-refractivity contribution in [3.05, 3.63) is 34.4 Å². The lowest BCUT2D eigenvalue weighted by Gasteiger charge is -2.10. The smallest absolute Gasteiger partial charge is 0.160 e. The zero-order valence-electron chi connectivity index (χ0n) is 7.02. The van der Waals surface area contributed by atoms with Gasteiger partial charge in [-0.05, 0) is 17.7 Å². The Hall–Kier alpha value is -0.670. The van der Waals surface area contributed by atoms with Gasteiger partial charge in [0.05, 0.1) is 0 Å². The average molecular weight is 207 g/mol. The van der Waals surface area contributed by atoms with Crippen LogP contribution in [0.1, 0.15) is 18.4 Å². The summed E-state index contributed by atoms with van der Waals surface area (Å²) in [4.78, 5) is 0. The molecule has 0 spiro atoms. The summed E-state index contributed by atoms with van der Waals surface area (Å²) in [5.74, 6) is -2.21. The second-order valence-electron chi connectivity index (χ2n) is 2.87. The van der Waals surface area contributed by atoms with Crippen molar-refractivity contribution in [2.75, 3.05) is 6.61 Å². The fourth-order valence-electron chi connectivity index (χ4n) is 1.01. The van der Waals surface area contributed by atoms with E-state index in [2.05, 4.69) is 0 Å². The van der Waals surface area contributed by atoms with Crippen LogP contribution in [-0.4, -0.2) is 11.7 Å². The maximum atomic E-state index is 12.7. The van der Waals surface area contributed by atoms with Crippen LogP contribution in [0.2, 0.25) is 5.02 Å². The molecule has 72 valence electrons. The van der Waals surface area contributed by atoms with Crippen molar-refractivity contribution >= 4 is 11.6 Å². The molecule has 0 bridgehead atoms. The van der Waals surface area contributed by atoms with Gasteiger partial charge in [0.25, 0.3) is 0 Å². The van der Waals surface area contributed by atoms with Crippen molar-refractivity contribution in [1.29, 1.82) is 0 Å². The lowest BCUT2D eigenvalue weighted by molar-refractivity contribution is 0.272. The summed E-state index contributed by atoms with van der Waals surface area (Å²) in [7, 11) is 0. The minimum atomic E-state index is -0.973. The van der Waals surface area contributed by atoms with Gasteiger partial charge in [-0.15, -0.1) is 0 Å². The standard InChI is InChI=1S/C9H9ClF2O/c1-5(4-13)6-2-8(11)9(12)3-7(6)10/h2-3,5,13H,4H2,1H3. The summed E-state index contributed by atoms with van der Waals surface area (Å²) in [6.07, 6.45) is 0. The van der Waals surface area contributed by atoms with E-state index in [-0.39, 0.29) is 17.5 Å². The Morgan fingerprint density at radius 2 is 1.92 bits per heavy atom. The summed E-state index contributed by atoms with van der Waals surface area (Å²) in [5.41, 5.74) is 0.420. The lowest BCUT2D eigenvalue weighted by Crippen LogP contribution is -2.01. The van der Waals surface area contributed by atoms with Gasteiger partial charge in [0.2, 0.25) is 0 Å². The Morgan fingerprint density at radius 1 is 1.38 bits per heavy atom. The number of hydrogen-bond donors (Lipinski definition) is 1. The van der Waals surface area contributed by atoms with Crippen molar-refractivity contribution in [3.8, 4) is 0 Å². The molecule has 1 rings (SSSR count). The molecule has 1 unspecified atom stereocenters. The Balaban J connectivity index is 3.15. The largest absolute Gasteiger partial charge is 0.396 e. The first-order valence-electron chi connectivity index (χ1n) is 3.81. The first-order chi connectivity index (χ1) is 6.06. The van der Waals surface area contributed by atoms with E-state index in [0.29, 0.717) is 5.56 Å². The quantitative estimate of drug-likeness (QED) is 0.738. The molecular formula is C9H9ClF2O. The topological polar surface area (TPSA) is 20.2 Å². The van der Waals surface area contributed by atoms with Crippen molar-refractivity contribution in [3.63, 3.8) is 0 Å². The maximum Gasteiger partial charge on any atom is 0.160 e. The Morgan fingerprint density at radius 3 is 2.46 bits per heavy atom. The van der Waals surface area contributed by atoms with Gasteiger partial charge in [-0.1, -0.05) is 18.5 Å². The summed E-state index contributed by atoms with van der Waals surface area (Å²) >= 11 is 5.66. The number of aliphatic hydroxyl groups is 1. The average Bonchev–Trinajstić information content (AvgIpc) is 2.10. The molecule has 1 N–H and O–H groups in total. The van der Waals surface area contributed by atoms with E-state index in [0.717, 1.165) is 12.1 Å². The molecule has 1 aromatic carbocycles. The third-order valence-electron chi connectivity index (χ3n) is 1.84. The molecule has 0 aliphatic carbocycles. The highest BCUT2D eigenvalue weighted by molar-refractivity contribution is 6.31. The second-order valence-corrected chi connectivity index (χ2v) is 3.28. The van der Waals surface area contributed by atoms with E-state index in [4.69, 9.17) is 16.7 Å². The van der Waals surface area contributed by atoms with Gasteiger partial charge in [-0.3, -0.25) is 0 Å². The molecule has 4 heteroatoms. The Labute approximate surface area is 80.0 Å². The van der Waals surface area contributed by atoms with Gasteiger partial charge in [-0.2, -0.15) is 0 Å². The number of aliphatic hydroxyl groups excluding tert-OH is 1. The van der Waals surface area contributed by atoms with E-state index < -0.39 is 11.6 Å². The zero-order chi connectivity index (χ0) is 10.0. The van der Waals surface area contributed by atoms with E-state index in [1.807, 2.05) is 0 Å². The van der Waals surface area contributed by atoms with Gasteiger partial charge in [0, 0.05) is 17.5 Å². The molecule has 0 saturated heterocycles. The molecule has 13 heavy (non-hydrogen) atoms. The molecule has 0 aliphatic heterocycles. The van der Waals surface area contributed by atoms with E-state index in [9.17, 15) is 8.78 Å². The summed E-state index contributed by atoms with van der Waals surface area (Å²) in [6, 6.07) is 1.93. The van der Waals surface area contributed by atoms with Crippen LogP contribution in [0, 0.1) is 11.6 Å². The predicted molar refractivity (Wildman–Crippen MR) is 46.9 cm³/mol.